The molecule has 7 nitrogen and oxygen atoms in total. The summed E-state index contributed by atoms with van der Waals surface area (Å²) in [6, 6.07) is 0. The Kier molecular flexibility index (Phi) is 2.49. The van der Waals surface area contributed by atoms with Gasteiger partial charge in [0.05, 0.1) is 23.7 Å². The zero-order chi connectivity index (χ0) is 19.2. The molecule has 7 heteroatoms. The number of cyclic esters (lactones) is 4. The van der Waals surface area contributed by atoms with Crippen molar-refractivity contribution in [1.82, 2.24) is 0 Å². The molecule has 3 unspecified atom stereocenters. The number of carbonyl (C=O) groups is 5. The highest BCUT2D eigenvalue weighted by molar-refractivity contribution is 6.02. The molecule has 0 N–H and O–H groups in total. The van der Waals surface area contributed by atoms with E-state index >= 15 is 0 Å². The molecule has 10 atom stereocenters. The summed E-state index contributed by atoms with van der Waals surface area (Å²) in [7, 11) is 0. The quantitative estimate of drug-likeness (QED) is 0.454. The second-order valence-corrected chi connectivity index (χ2v) is 10.3. The van der Waals surface area contributed by atoms with Gasteiger partial charge >= 0.3 is 23.9 Å². The van der Waals surface area contributed by atoms with Crippen LogP contribution in [0.1, 0.15) is 38.5 Å². The maximum atomic E-state index is 14.0. The molecule has 0 aromatic carbocycles. The topological polar surface area (TPSA) is 104 Å². The third-order valence-electron chi connectivity index (χ3n) is 9.85. The van der Waals surface area contributed by atoms with Crippen molar-refractivity contribution in [1.29, 1.82) is 0 Å². The number of ether oxygens (including phenoxy) is 2. The van der Waals surface area contributed by atoms with E-state index in [4.69, 9.17) is 9.47 Å². The van der Waals surface area contributed by atoms with Gasteiger partial charge < -0.3 is 9.47 Å². The fourth-order valence-corrected chi connectivity index (χ4v) is 9.16. The van der Waals surface area contributed by atoms with Crippen LogP contribution >= 0.6 is 0 Å². The monoisotopic (exact) mass is 384 g/mol. The molecule has 146 valence electrons. The van der Waals surface area contributed by atoms with Crippen molar-refractivity contribution in [3.63, 3.8) is 0 Å². The van der Waals surface area contributed by atoms with Crippen molar-refractivity contribution in [3.8, 4) is 0 Å². The van der Waals surface area contributed by atoms with Crippen molar-refractivity contribution in [3.05, 3.63) is 0 Å². The molecular formula is C21H20O7. The summed E-state index contributed by atoms with van der Waals surface area (Å²) in [4.78, 5) is 62.8. The molecule has 0 radical (unpaired) electrons. The van der Waals surface area contributed by atoms with Crippen LogP contribution in [0.3, 0.4) is 0 Å². The van der Waals surface area contributed by atoms with Gasteiger partial charge in [0, 0.05) is 10.8 Å². The van der Waals surface area contributed by atoms with E-state index in [1.807, 2.05) is 0 Å². The molecule has 7 fully saturated rings. The summed E-state index contributed by atoms with van der Waals surface area (Å²) in [6.07, 6.45) is 4.27. The normalized spacial score (nSPS) is 57.6. The van der Waals surface area contributed by atoms with Gasteiger partial charge in [-0.15, -0.1) is 0 Å². The molecule has 0 amide bonds. The SMILES string of the molecule is O=C1OC(=O)C2C1C1C[C@H]2C[C@]12CC[C@]1(C[C@H]3C[C@@H]1[C@@H]1C(=O)OC(=O)[C@H]31)C2=O. The average molecular weight is 384 g/mol. The average Bonchev–Trinajstić information content (AvgIpc) is 3.46. The van der Waals surface area contributed by atoms with Crippen LogP contribution in [0.5, 0.6) is 0 Å². The van der Waals surface area contributed by atoms with Crippen LogP contribution in [-0.4, -0.2) is 29.7 Å². The van der Waals surface area contributed by atoms with Crippen molar-refractivity contribution in [2.24, 2.45) is 58.2 Å². The first-order valence-electron chi connectivity index (χ1n) is 10.4. The first-order valence-corrected chi connectivity index (χ1v) is 10.4. The summed E-state index contributed by atoms with van der Waals surface area (Å²) < 4.78 is 9.82. The summed E-state index contributed by atoms with van der Waals surface area (Å²) in [5.41, 5.74) is -1.11. The standard InChI is InChI=1S/C21H20O7/c22-15-11-7-3-9(13(11)17(24)27-15)20(5-7)1-2-21(19(20)26)6-8-4-10(21)14-12(8)16(23)28-18(14)25/h7-14H,1-6H2/t7-,8+,9-,10?,11-,12?,13+,14?,20-,21-/m1/s1. The number of esters is 4. The summed E-state index contributed by atoms with van der Waals surface area (Å²) >= 11 is 0. The van der Waals surface area contributed by atoms with E-state index in [0.717, 1.165) is 25.7 Å². The third-order valence-corrected chi connectivity index (χ3v) is 9.85. The highest BCUT2D eigenvalue weighted by atomic mass is 16.6. The first-order chi connectivity index (χ1) is 13.4. The number of fused-ring (bicyclic) bond motifs is 12. The number of ketones is 1. The van der Waals surface area contributed by atoms with Gasteiger partial charge in [0.15, 0.2) is 0 Å². The predicted octanol–water partition coefficient (Wildman–Crippen LogP) is 1.03. The largest absolute Gasteiger partial charge is 0.393 e. The van der Waals surface area contributed by atoms with Crippen LogP contribution in [0.15, 0.2) is 0 Å². The van der Waals surface area contributed by atoms with E-state index in [1.54, 1.807) is 0 Å². The summed E-state index contributed by atoms with van der Waals surface area (Å²) in [6.45, 7) is 0. The molecular weight excluding hydrogens is 364 g/mol. The second-order valence-electron chi connectivity index (χ2n) is 10.3. The van der Waals surface area contributed by atoms with Gasteiger partial charge in [-0.3, -0.25) is 24.0 Å². The van der Waals surface area contributed by atoms with Crippen LogP contribution in [-0.2, 0) is 33.4 Å². The minimum Gasteiger partial charge on any atom is -0.393 e. The molecule has 2 spiro atoms. The fraction of sp³-hybridized carbons (Fsp3) is 0.762. The van der Waals surface area contributed by atoms with Crippen molar-refractivity contribution < 1.29 is 33.4 Å². The summed E-state index contributed by atoms with van der Waals surface area (Å²) in [5, 5.41) is 0. The lowest BCUT2D eigenvalue weighted by Gasteiger charge is -2.41. The highest BCUT2D eigenvalue weighted by Crippen LogP contribution is 2.75. The van der Waals surface area contributed by atoms with Crippen molar-refractivity contribution in [2.45, 2.75) is 38.5 Å². The Morgan fingerprint density at radius 1 is 0.607 bits per heavy atom. The lowest BCUT2D eigenvalue weighted by Crippen LogP contribution is -2.48. The molecule has 5 saturated carbocycles. The van der Waals surface area contributed by atoms with E-state index in [2.05, 4.69) is 0 Å². The van der Waals surface area contributed by atoms with Crippen molar-refractivity contribution >= 4 is 29.7 Å². The predicted molar refractivity (Wildman–Crippen MR) is 87.7 cm³/mol. The van der Waals surface area contributed by atoms with Crippen molar-refractivity contribution in [2.75, 3.05) is 0 Å². The molecule has 28 heavy (non-hydrogen) atoms. The van der Waals surface area contributed by atoms with Crippen LogP contribution in [0.4, 0.5) is 0 Å². The van der Waals surface area contributed by atoms with E-state index < -0.39 is 46.5 Å². The van der Waals surface area contributed by atoms with Crippen LogP contribution in [0, 0.1) is 58.2 Å². The van der Waals surface area contributed by atoms with Crippen LogP contribution in [0.2, 0.25) is 0 Å². The van der Waals surface area contributed by atoms with E-state index in [0.29, 0.717) is 12.8 Å². The smallest absolute Gasteiger partial charge is 0.317 e. The lowest BCUT2D eigenvalue weighted by atomic mass is 9.58. The van der Waals surface area contributed by atoms with Gasteiger partial charge in [-0.2, -0.15) is 0 Å². The second kappa shape index (κ2) is 4.41. The molecule has 2 saturated heterocycles. The number of carbonyl (C=O) groups excluding carboxylic acids is 5. The lowest BCUT2D eigenvalue weighted by molar-refractivity contribution is -0.156. The van der Waals surface area contributed by atoms with Gasteiger partial charge in [0.25, 0.3) is 0 Å². The van der Waals surface area contributed by atoms with Crippen LogP contribution < -0.4 is 0 Å². The number of hydrogen-bond acceptors (Lipinski definition) is 7. The Labute approximate surface area is 160 Å². The minimum absolute atomic E-state index is 0.0532. The van der Waals surface area contributed by atoms with Gasteiger partial charge in [-0.1, -0.05) is 0 Å². The van der Waals surface area contributed by atoms with E-state index in [1.165, 1.54) is 0 Å². The number of Topliss-reactive ketones (excluding diaryl/α,β-unsaturated/α-hetero) is 1. The molecule has 7 aliphatic rings. The Morgan fingerprint density at radius 2 is 1.00 bits per heavy atom. The Balaban J connectivity index is 1.27. The molecule has 2 heterocycles. The Hall–Kier alpha value is -2.05. The zero-order valence-electron chi connectivity index (χ0n) is 15.2. The van der Waals surface area contributed by atoms with E-state index in [-0.39, 0.29) is 41.3 Å². The molecule has 7 rings (SSSR count). The van der Waals surface area contributed by atoms with Gasteiger partial charge in [-0.25, -0.2) is 0 Å². The number of rotatable bonds is 0. The summed E-state index contributed by atoms with van der Waals surface area (Å²) in [5.74, 6) is -3.28. The van der Waals surface area contributed by atoms with Gasteiger partial charge in [0.2, 0.25) is 0 Å². The van der Waals surface area contributed by atoms with Crippen LogP contribution in [0.25, 0.3) is 0 Å². The highest BCUT2D eigenvalue weighted by Gasteiger charge is 2.78. The molecule has 4 bridgehead atoms. The molecule has 0 aromatic rings. The van der Waals surface area contributed by atoms with Gasteiger partial charge in [0.1, 0.15) is 5.78 Å². The molecule has 5 aliphatic carbocycles. The molecule has 2 aliphatic heterocycles. The Bertz CT molecular complexity index is 850. The first kappa shape index (κ1) is 15.8. The van der Waals surface area contributed by atoms with E-state index in [9.17, 15) is 24.0 Å². The van der Waals surface area contributed by atoms with Gasteiger partial charge in [-0.05, 0) is 62.2 Å². The third kappa shape index (κ3) is 1.40. The maximum Gasteiger partial charge on any atom is 0.317 e. The zero-order valence-corrected chi connectivity index (χ0v) is 15.2. The Morgan fingerprint density at radius 3 is 1.43 bits per heavy atom. The minimum atomic E-state index is -0.554. The molecule has 0 aromatic heterocycles. The number of hydrogen-bond donors (Lipinski definition) is 0. The maximum absolute atomic E-state index is 14.0. The fourth-order valence-electron chi connectivity index (χ4n) is 9.16.